The number of alkyl halides is 6. The molecule has 0 aliphatic rings. The van der Waals surface area contributed by atoms with E-state index in [1.54, 1.807) is 0 Å². The number of rotatable bonds is 4. The van der Waals surface area contributed by atoms with E-state index >= 15 is 0 Å². The molecule has 33 heavy (non-hydrogen) atoms. The van der Waals surface area contributed by atoms with Crippen molar-refractivity contribution in [3.63, 3.8) is 0 Å². The molecular formula is C17H8Cl2F6N4O3S. The van der Waals surface area contributed by atoms with Crippen LogP contribution >= 0.6 is 23.2 Å². The van der Waals surface area contributed by atoms with Crippen molar-refractivity contribution in [1.82, 2.24) is 19.7 Å². The number of nitrogens with one attached hydrogen (secondary N) is 1. The molecule has 0 atom stereocenters. The highest BCUT2D eigenvalue weighted by molar-refractivity contribution is 7.90. The average molecular weight is 533 g/mol. The largest absolute Gasteiger partial charge is 0.435 e. The molecule has 0 aliphatic heterocycles. The van der Waals surface area contributed by atoms with E-state index in [4.69, 9.17) is 23.2 Å². The number of carbonyl (C=O) groups excluding carboxylic acids is 1. The van der Waals surface area contributed by atoms with E-state index in [2.05, 4.69) is 10.3 Å². The molecule has 0 saturated heterocycles. The van der Waals surface area contributed by atoms with Crippen LogP contribution in [0.1, 0.15) is 21.7 Å². The second kappa shape index (κ2) is 8.50. The fourth-order valence-electron chi connectivity index (χ4n) is 2.56. The molecule has 0 bridgehead atoms. The van der Waals surface area contributed by atoms with Crippen LogP contribution in [0.4, 0.5) is 26.3 Å². The highest BCUT2D eigenvalue weighted by atomic mass is 35.5. The van der Waals surface area contributed by atoms with Crippen LogP contribution in [0.15, 0.2) is 47.4 Å². The zero-order valence-corrected chi connectivity index (χ0v) is 17.9. The summed E-state index contributed by atoms with van der Waals surface area (Å²) in [7, 11) is -4.63. The predicted octanol–water partition coefficient (Wildman–Crippen LogP) is 4.73. The molecule has 7 nitrogen and oxygen atoms in total. The molecule has 0 fully saturated rings. The second-order valence-corrected chi connectivity index (χ2v) is 8.77. The first kappa shape index (κ1) is 24.8. The summed E-state index contributed by atoms with van der Waals surface area (Å²) >= 11 is 11.4. The molecular weight excluding hydrogens is 525 g/mol. The Bertz CT molecular complexity index is 1320. The highest BCUT2D eigenvalue weighted by Gasteiger charge is 2.43. The summed E-state index contributed by atoms with van der Waals surface area (Å²) in [6, 6.07) is 5.76. The van der Waals surface area contributed by atoms with Gasteiger partial charge in [-0.15, -0.1) is 5.10 Å². The maximum Gasteiger partial charge on any atom is 0.435 e. The van der Waals surface area contributed by atoms with Crippen LogP contribution in [0.2, 0.25) is 10.0 Å². The third kappa shape index (κ3) is 5.23. The van der Waals surface area contributed by atoms with Gasteiger partial charge in [-0.05, 0) is 42.5 Å². The molecule has 0 saturated carbocycles. The molecule has 2 aromatic carbocycles. The Balaban J connectivity index is 2.05. The minimum absolute atomic E-state index is 0.00763. The second-order valence-electron chi connectivity index (χ2n) is 6.25. The van der Waals surface area contributed by atoms with Crippen molar-refractivity contribution in [2.45, 2.75) is 17.2 Å². The number of sulfonamides is 1. The molecule has 1 aromatic heterocycles. The van der Waals surface area contributed by atoms with E-state index in [0.717, 1.165) is 12.1 Å². The standard InChI is InChI=1S/C17H8Cl2F6N4O3S/c18-9-2-4-10(5-3-9)33(31,32)27-15(30)13-14(17(23,24)25)29(28-26-13)12-6-1-8(7-11(12)19)16(20,21)22/h1-7H,(H,27,30). The fourth-order valence-corrected chi connectivity index (χ4v) is 3.90. The van der Waals surface area contributed by atoms with Crippen LogP contribution in [-0.2, 0) is 22.4 Å². The van der Waals surface area contributed by atoms with Crippen LogP contribution in [0.3, 0.4) is 0 Å². The molecule has 1 N–H and O–H groups in total. The van der Waals surface area contributed by atoms with Gasteiger partial charge in [-0.1, -0.05) is 28.4 Å². The molecule has 1 heterocycles. The quantitative estimate of drug-likeness (QED) is 0.490. The van der Waals surface area contributed by atoms with Crippen molar-refractivity contribution < 1.29 is 39.6 Å². The molecule has 0 aliphatic carbocycles. The number of hydrogen-bond donors (Lipinski definition) is 1. The number of amides is 1. The van der Waals surface area contributed by atoms with Gasteiger partial charge in [-0.3, -0.25) is 4.79 Å². The zero-order chi connectivity index (χ0) is 24.8. The van der Waals surface area contributed by atoms with Crippen LogP contribution in [0.5, 0.6) is 0 Å². The van der Waals surface area contributed by atoms with Gasteiger partial charge in [0.2, 0.25) is 0 Å². The predicted molar refractivity (Wildman–Crippen MR) is 102 cm³/mol. The van der Waals surface area contributed by atoms with Gasteiger partial charge in [0, 0.05) is 5.02 Å². The number of hydrogen-bond acceptors (Lipinski definition) is 5. The number of benzene rings is 2. The van der Waals surface area contributed by atoms with Crippen LogP contribution in [0.25, 0.3) is 5.69 Å². The van der Waals surface area contributed by atoms with E-state index in [1.165, 1.54) is 16.9 Å². The van der Waals surface area contributed by atoms with Gasteiger partial charge in [0.25, 0.3) is 15.9 Å². The molecule has 0 spiro atoms. The SMILES string of the molecule is O=C(NS(=O)(=O)c1ccc(Cl)cc1)c1nnn(-c2ccc(C(F)(F)F)cc2Cl)c1C(F)(F)F. The first-order chi connectivity index (χ1) is 15.1. The van der Waals surface area contributed by atoms with Crippen LogP contribution < -0.4 is 4.72 Å². The van der Waals surface area contributed by atoms with Gasteiger partial charge in [-0.2, -0.15) is 26.3 Å². The first-order valence-corrected chi connectivity index (χ1v) is 10.6. The summed E-state index contributed by atoms with van der Waals surface area (Å²) in [5.74, 6) is -1.79. The number of aromatic nitrogens is 3. The van der Waals surface area contributed by atoms with E-state index in [9.17, 15) is 39.6 Å². The summed E-state index contributed by atoms with van der Waals surface area (Å²) in [6.45, 7) is 0. The maximum absolute atomic E-state index is 13.7. The topological polar surface area (TPSA) is 93.9 Å². The lowest BCUT2D eigenvalue weighted by Crippen LogP contribution is -2.32. The Labute approximate surface area is 191 Å². The van der Waals surface area contributed by atoms with Crippen LogP contribution in [0, 0.1) is 0 Å². The molecule has 0 radical (unpaired) electrons. The van der Waals surface area contributed by atoms with Crippen molar-refractivity contribution in [2.75, 3.05) is 0 Å². The van der Waals surface area contributed by atoms with Crippen LogP contribution in [-0.4, -0.2) is 29.3 Å². The zero-order valence-electron chi connectivity index (χ0n) is 15.5. The average Bonchev–Trinajstić information content (AvgIpc) is 3.13. The summed E-state index contributed by atoms with van der Waals surface area (Å²) in [5.41, 5.74) is -5.22. The monoisotopic (exact) mass is 532 g/mol. The van der Waals surface area contributed by atoms with E-state index in [-0.39, 0.29) is 9.70 Å². The third-order valence-corrected chi connectivity index (χ3v) is 5.91. The molecule has 1 amide bonds. The van der Waals surface area contributed by atoms with Gasteiger partial charge in [-0.25, -0.2) is 17.8 Å². The fraction of sp³-hybridized carbons (Fsp3) is 0.118. The Kier molecular flexibility index (Phi) is 6.39. The van der Waals surface area contributed by atoms with Gasteiger partial charge in [0.15, 0.2) is 11.4 Å². The van der Waals surface area contributed by atoms with Crippen molar-refractivity contribution >= 4 is 39.1 Å². The highest BCUT2D eigenvalue weighted by Crippen LogP contribution is 2.37. The van der Waals surface area contributed by atoms with E-state index < -0.39 is 60.8 Å². The van der Waals surface area contributed by atoms with Crippen molar-refractivity contribution in [1.29, 1.82) is 0 Å². The summed E-state index contributed by atoms with van der Waals surface area (Å²) in [4.78, 5) is 11.9. The molecule has 3 rings (SSSR count). The molecule has 16 heteroatoms. The summed E-state index contributed by atoms with van der Waals surface area (Å²) in [5, 5.41) is 5.61. The lowest BCUT2D eigenvalue weighted by Gasteiger charge is -2.14. The molecule has 0 unspecified atom stereocenters. The van der Waals surface area contributed by atoms with Gasteiger partial charge in [0.05, 0.1) is 21.2 Å². The van der Waals surface area contributed by atoms with Crippen molar-refractivity contribution in [3.8, 4) is 5.69 Å². The minimum Gasteiger partial charge on any atom is -0.266 e. The Hall–Kier alpha value is -2.84. The van der Waals surface area contributed by atoms with E-state index in [0.29, 0.717) is 18.2 Å². The third-order valence-electron chi connectivity index (χ3n) is 4.01. The smallest absolute Gasteiger partial charge is 0.266 e. The minimum atomic E-state index is -5.33. The molecule has 3 aromatic rings. The Morgan fingerprint density at radius 3 is 2.06 bits per heavy atom. The number of halogens is 8. The Morgan fingerprint density at radius 2 is 1.55 bits per heavy atom. The lowest BCUT2D eigenvalue weighted by molar-refractivity contribution is -0.143. The first-order valence-electron chi connectivity index (χ1n) is 8.34. The van der Waals surface area contributed by atoms with Crippen molar-refractivity contribution in [3.05, 3.63) is 69.5 Å². The van der Waals surface area contributed by atoms with Crippen molar-refractivity contribution in [2.24, 2.45) is 0 Å². The summed E-state index contributed by atoms with van der Waals surface area (Å²) < 4.78 is 106. The maximum atomic E-state index is 13.7. The van der Waals surface area contributed by atoms with Gasteiger partial charge >= 0.3 is 12.4 Å². The van der Waals surface area contributed by atoms with E-state index in [1.807, 2.05) is 0 Å². The Morgan fingerprint density at radius 1 is 0.939 bits per heavy atom. The summed E-state index contributed by atoms with van der Waals surface area (Å²) in [6.07, 6.45) is -10.1. The van der Waals surface area contributed by atoms with Gasteiger partial charge < -0.3 is 0 Å². The lowest BCUT2D eigenvalue weighted by atomic mass is 10.2. The molecule has 176 valence electrons. The van der Waals surface area contributed by atoms with Gasteiger partial charge in [0.1, 0.15) is 0 Å². The number of nitrogens with zero attached hydrogens (tertiary/aromatic N) is 3. The normalized spacial score (nSPS) is 12.6. The number of carbonyl (C=O) groups is 1.